The lowest BCUT2D eigenvalue weighted by molar-refractivity contribution is -0.128. The molecule has 0 aromatic carbocycles. The van der Waals surface area contributed by atoms with Crippen LogP contribution in [0.4, 0.5) is 0 Å². The molecule has 0 saturated heterocycles. The minimum atomic E-state index is 0.156. The second-order valence-corrected chi connectivity index (χ2v) is 3.63. The molecule has 0 rings (SSSR count). The minimum Gasteiger partial charge on any atom is -0.395 e. The van der Waals surface area contributed by atoms with E-state index in [2.05, 4.69) is 5.32 Å². The van der Waals surface area contributed by atoms with Crippen LogP contribution < -0.4 is 5.32 Å². The topological polar surface area (TPSA) is 52.6 Å². The van der Waals surface area contributed by atoms with Crippen LogP contribution in [0.3, 0.4) is 0 Å². The van der Waals surface area contributed by atoms with Gasteiger partial charge in [0.2, 0.25) is 5.91 Å². The van der Waals surface area contributed by atoms with Crippen molar-refractivity contribution in [2.45, 2.75) is 32.2 Å². The maximum atomic E-state index is 11.2. The summed E-state index contributed by atoms with van der Waals surface area (Å²) in [6.45, 7) is 2.98. The van der Waals surface area contributed by atoms with Crippen LogP contribution in [-0.2, 0) is 4.79 Å². The van der Waals surface area contributed by atoms with E-state index in [4.69, 9.17) is 5.11 Å². The first kappa shape index (κ1) is 13.4. The van der Waals surface area contributed by atoms with Crippen LogP contribution in [0.2, 0.25) is 0 Å². The van der Waals surface area contributed by atoms with Gasteiger partial charge in [-0.05, 0) is 19.4 Å². The van der Waals surface area contributed by atoms with Gasteiger partial charge in [0.05, 0.1) is 6.61 Å². The first-order valence-corrected chi connectivity index (χ1v) is 5.16. The normalized spacial score (nSPS) is 12.6. The monoisotopic (exact) mass is 202 g/mol. The maximum Gasteiger partial charge on any atom is 0.222 e. The summed E-state index contributed by atoms with van der Waals surface area (Å²) in [5.41, 5.74) is 0. The van der Waals surface area contributed by atoms with Crippen molar-refractivity contribution in [2.75, 3.05) is 27.2 Å². The van der Waals surface area contributed by atoms with E-state index >= 15 is 0 Å². The molecule has 0 radical (unpaired) electrons. The number of nitrogens with zero attached hydrogens (tertiary/aromatic N) is 1. The number of amides is 1. The van der Waals surface area contributed by atoms with Gasteiger partial charge in [-0.3, -0.25) is 4.79 Å². The fraction of sp³-hybridized carbons (Fsp3) is 0.900. The quantitative estimate of drug-likeness (QED) is 0.580. The Labute approximate surface area is 86.3 Å². The van der Waals surface area contributed by atoms with Crippen molar-refractivity contribution in [3.8, 4) is 0 Å². The molecule has 1 atom stereocenters. The molecule has 1 amide bonds. The molecule has 0 spiro atoms. The average molecular weight is 202 g/mol. The summed E-state index contributed by atoms with van der Waals surface area (Å²) in [5.74, 6) is 0.156. The highest BCUT2D eigenvalue weighted by molar-refractivity contribution is 5.75. The van der Waals surface area contributed by atoms with Crippen molar-refractivity contribution in [3.63, 3.8) is 0 Å². The van der Waals surface area contributed by atoms with Crippen molar-refractivity contribution in [1.82, 2.24) is 10.2 Å². The second kappa shape index (κ2) is 7.76. The summed E-state index contributed by atoms with van der Waals surface area (Å²) >= 11 is 0. The predicted molar refractivity (Wildman–Crippen MR) is 57.1 cm³/mol. The van der Waals surface area contributed by atoms with Crippen LogP contribution in [0.1, 0.15) is 26.2 Å². The molecule has 4 heteroatoms. The lowest BCUT2D eigenvalue weighted by Crippen LogP contribution is -2.33. The Kier molecular flexibility index (Phi) is 7.42. The Bertz CT molecular complexity index is 156. The summed E-state index contributed by atoms with van der Waals surface area (Å²) in [7, 11) is 3.52. The molecule has 0 aliphatic rings. The molecule has 0 aromatic heterocycles. The summed E-state index contributed by atoms with van der Waals surface area (Å²) < 4.78 is 0. The molecule has 0 bridgehead atoms. The van der Waals surface area contributed by atoms with Gasteiger partial charge in [-0.1, -0.05) is 6.92 Å². The summed E-state index contributed by atoms with van der Waals surface area (Å²) in [5, 5.41) is 12.1. The Morgan fingerprint density at radius 1 is 1.50 bits per heavy atom. The number of aliphatic hydroxyl groups excluding tert-OH is 1. The van der Waals surface area contributed by atoms with Crippen molar-refractivity contribution < 1.29 is 9.90 Å². The van der Waals surface area contributed by atoms with Gasteiger partial charge in [-0.15, -0.1) is 0 Å². The molecule has 0 fully saturated rings. The van der Waals surface area contributed by atoms with E-state index in [-0.39, 0.29) is 18.6 Å². The Morgan fingerprint density at radius 3 is 2.57 bits per heavy atom. The first-order chi connectivity index (χ1) is 6.61. The van der Waals surface area contributed by atoms with Gasteiger partial charge in [-0.25, -0.2) is 0 Å². The number of aliphatic hydroxyl groups is 1. The predicted octanol–water partition coefficient (Wildman–Crippen LogP) is 0.215. The van der Waals surface area contributed by atoms with E-state index in [9.17, 15) is 4.79 Å². The molecule has 4 nitrogen and oxygen atoms in total. The number of nitrogens with one attached hydrogen (secondary N) is 1. The van der Waals surface area contributed by atoms with Crippen LogP contribution in [-0.4, -0.2) is 49.2 Å². The van der Waals surface area contributed by atoms with Crippen LogP contribution >= 0.6 is 0 Å². The van der Waals surface area contributed by atoms with Gasteiger partial charge < -0.3 is 15.3 Å². The molecular weight excluding hydrogens is 180 g/mol. The zero-order valence-corrected chi connectivity index (χ0v) is 9.42. The van der Waals surface area contributed by atoms with E-state index in [1.54, 1.807) is 19.0 Å². The second-order valence-electron chi connectivity index (χ2n) is 3.63. The molecule has 1 unspecified atom stereocenters. The summed E-state index contributed by atoms with van der Waals surface area (Å²) in [6.07, 6.45) is 2.31. The number of carbonyl (C=O) groups is 1. The minimum absolute atomic E-state index is 0.156. The fourth-order valence-corrected chi connectivity index (χ4v) is 1.11. The molecule has 0 aliphatic heterocycles. The van der Waals surface area contributed by atoms with E-state index in [0.717, 1.165) is 19.4 Å². The first-order valence-electron chi connectivity index (χ1n) is 5.16. The Morgan fingerprint density at radius 2 is 2.14 bits per heavy atom. The van der Waals surface area contributed by atoms with Crippen molar-refractivity contribution in [1.29, 1.82) is 0 Å². The molecule has 0 heterocycles. The molecular formula is C10H22N2O2. The fourth-order valence-electron chi connectivity index (χ4n) is 1.11. The lowest BCUT2D eigenvalue weighted by Gasteiger charge is -2.14. The summed E-state index contributed by atoms with van der Waals surface area (Å²) in [6, 6.07) is 0.171. The number of hydrogen-bond acceptors (Lipinski definition) is 3. The van der Waals surface area contributed by atoms with Gasteiger partial charge in [0.1, 0.15) is 0 Å². The Balaban J connectivity index is 3.41. The SMILES string of the molecule is CCC(CO)NCCCC(=O)N(C)C. The highest BCUT2D eigenvalue weighted by Crippen LogP contribution is 1.94. The molecule has 14 heavy (non-hydrogen) atoms. The van der Waals surface area contributed by atoms with Gasteiger partial charge >= 0.3 is 0 Å². The standard InChI is InChI=1S/C10H22N2O2/c1-4-9(8-13)11-7-5-6-10(14)12(2)3/h9,11,13H,4-8H2,1-3H3. The molecule has 0 saturated carbocycles. The number of rotatable bonds is 7. The van der Waals surface area contributed by atoms with Crippen molar-refractivity contribution in [3.05, 3.63) is 0 Å². The smallest absolute Gasteiger partial charge is 0.222 e. The lowest BCUT2D eigenvalue weighted by atomic mass is 10.2. The number of carbonyl (C=O) groups excluding carboxylic acids is 1. The third-order valence-corrected chi connectivity index (χ3v) is 2.21. The van der Waals surface area contributed by atoms with Crippen LogP contribution in [0, 0.1) is 0 Å². The third kappa shape index (κ3) is 5.94. The average Bonchev–Trinajstić information content (AvgIpc) is 2.17. The van der Waals surface area contributed by atoms with E-state index < -0.39 is 0 Å². The molecule has 0 aliphatic carbocycles. The zero-order valence-electron chi connectivity index (χ0n) is 9.42. The van der Waals surface area contributed by atoms with Crippen molar-refractivity contribution >= 4 is 5.91 Å². The van der Waals surface area contributed by atoms with Crippen LogP contribution in [0.5, 0.6) is 0 Å². The van der Waals surface area contributed by atoms with Gasteiger partial charge in [0.15, 0.2) is 0 Å². The molecule has 0 aromatic rings. The zero-order chi connectivity index (χ0) is 11.0. The van der Waals surface area contributed by atoms with Gasteiger partial charge in [0, 0.05) is 26.6 Å². The number of hydrogen-bond donors (Lipinski definition) is 2. The van der Waals surface area contributed by atoms with Crippen LogP contribution in [0.25, 0.3) is 0 Å². The maximum absolute atomic E-state index is 11.2. The largest absolute Gasteiger partial charge is 0.395 e. The van der Waals surface area contributed by atoms with E-state index in [0.29, 0.717) is 6.42 Å². The van der Waals surface area contributed by atoms with Gasteiger partial charge in [-0.2, -0.15) is 0 Å². The van der Waals surface area contributed by atoms with E-state index in [1.807, 2.05) is 6.92 Å². The van der Waals surface area contributed by atoms with Gasteiger partial charge in [0.25, 0.3) is 0 Å². The third-order valence-electron chi connectivity index (χ3n) is 2.21. The van der Waals surface area contributed by atoms with Crippen LogP contribution in [0.15, 0.2) is 0 Å². The summed E-state index contributed by atoms with van der Waals surface area (Å²) in [4.78, 5) is 12.8. The van der Waals surface area contributed by atoms with E-state index in [1.165, 1.54) is 0 Å². The highest BCUT2D eigenvalue weighted by Gasteiger charge is 2.05. The molecule has 2 N–H and O–H groups in total. The van der Waals surface area contributed by atoms with Crippen molar-refractivity contribution in [2.24, 2.45) is 0 Å². The highest BCUT2D eigenvalue weighted by atomic mass is 16.3. The molecule has 84 valence electrons. The Hall–Kier alpha value is -0.610.